The molecule has 5 nitrogen and oxygen atoms in total. The Hall–Kier alpha value is -1.49. The minimum Gasteiger partial charge on any atom is -0.481 e. The van der Waals surface area contributed by atoms with E-state index in [-0.39, 0.29) is 11.8 Å². The van der Waals surface area contributed by atoms with Gasteiger partial charge in [-0.1, -0.05) is 0 Å². The molecule has 0 spiro atoms. The van der Waals surface area contributed by atoms with Crippen LogP contribution in [-0.2, 0) is 4.79 Å². The Kier molecular flexibility index (Phi) is 2.41. The van der Waals surface area contributed by atoms with Gasteiger partial charge in [0.05, 0.1) is 5.92 Å². The van der Waals surface area contributed by atoms with Gasteiger partial charge < -0.3 is 10.4 Å². The Morgan fingerprint density at radius 1 is 1.57 bits per heavy atom. The number of carbonyl (C=O) groups is 1. The highest BCUT2D eigenvalue weighted by Crippen LogP contribution is 2.26. The predicted octanol–water partition coefficient (Wildman–Crippen LogP) is -0.136. The first-order valence-electron chi connectivity index (χ1n) is 4.48. The van der Waals surface area contributed by atoms with Gasteiger partial charge in [0.2, 0.25) is 0 Å². The summed E-state index contributed by atoms with van der Waals surface area (Å²) in [5.74, 6) is -1.17. The molecule has 2 atom stereocenters. The van der Waals surface area contributed by atoms with Crippen molar-refractivity contribution < 1.29 is 9.90 Å². The molecule has 1 aliphatic heterocycles. The molecule has 1 aromatic rings. The molecule has 0 saturated carbocycles. The second kappa shape index (κ2) is 3.71. The van der Waals surface area contributed by atoms with Gasteiger partial charge in [-0.05, 0) is 6.07 Å². The van der Waals surface area contributed by atoms with Gasteiger partial charge in [0.15, 0.2) is 0 Å². The number of aliphatic carboxylic acids is 1. The summed E-state index contributed by atoms with van der Waals surface area (Å²) < 4.78 is 0. The molecule has 0 radical (unpaired) electrons. The van der Waals surface area contributed by atoms with Crippen molar-refractivity contribution in [2.75, 3.05) is 13.1 Å². The van der Waals surface area contributed by atoms with Gasteiger partial charge in [0, 0.05) is 30.9 Å². The van der Waals surface area contributed by atoms with Crippen LogP contribution in [0, 0.1) is 5.92 Å². The Bertz CT molecular complexity index is 328. The topological polar surface area (TPSA) is 75.1 Å². The highest BCUT2D eigenvalue weighted by Gasteiger charge is 2.34. The Labute approximate surface area is 81.2 Å². The lowest BCUT2D eigenvalue weighted by molar-refractivity contribution is -0.141. The van der Waals surface area contributed by atoms with Crippen LogP contribution in [-0.4, -0.2) is 34.1 Å². The van der Waals surface area contributed by atoms with Gasteiger partial charge in [0.25, 0.3) is 0 Å². The molecule has 1 aliphatic rings. The van der Waals surface area contributed by atoms with Crippen molar-refractivity contribution in [2.24, 2.45) is 5.92 Å². The molecule has 14 heavy (non-hydrogen) atoms. The van der Waals surface area contributed by atoms with Crippen LogP contribution in [0.15, 0.2) is 18.6 Å². The van der Waals surface area contributed by atoms with E-state index in [2.05, 4.69) is 15.3 Å². The molecule has 1 fully saturated rings. The fraction of sp³-hybridized carbons (Fsp3) is 0.444. The number of hydrogen-bond acceptors (Lipinski definition) is 4. The summed E-state index contributed by atoms with van der Waals surface area (Å²) in [6.45, 7) is 1.19. The minimum atomic E-state index is -0.765. The van der Waals surface area contributed by atoms with E-state index in [0.29, 0.717) is 13.1 Å². The minimum absolute atomic E-state index is 0.0319. The molecule has 0 aromatic carbocycles. The van der Waals surface area contributed by atoms with E-state index in [1.807, 2.05) is 0 Å². The third kappa shape index (κ3) is 1.58. The number of carboxylic acid groups (broad SMARTS) is 1. The van der Waals surface area contributed by atoms with Crippen molar-refractivity contribution in [3.8, 4) is 0 Å². The molecule has 74 valence electrons. The molecule has 1 aromatic heterocycles. The molecule has 0 amide bonds. The summed E-state index contributed by atoms with van der Waals surface area (Å²) in [7, 11) is 0. The standard InChI is InChI=1S/C9H11N3O2/c13-9(14)7-4-11-3-6(7)8-1-2-10-5-12-8/h1-2,5-7,11H,3-4H2,(H,13,14). The van der Waals surface area contributed by atoms with E-state index in [1.54, 1.807) is 12.3 Å². The van der Waals surface area contributed by atoms with E-state index in [1.165, 1.54) is 6.33 Å². The lowest BCUT2D eigenvalue weighted by atomic mass is 9.93. The fourth-order valence-electron chi connectivity index (χ4n) is 1.77. The first kappa shape index (κ1) is 9.08. The van der Waals surface area contributed by atoms with Crippen LogP contribution in [0.3, 0.4) is 0 Å². The predicted molar refractivity (Wildman–Crippen MR) is 48.8 cm³/mol. The van der Waals surface area contributed by atoms with Crippen molar-refractivity contribution in [3.05, 3.63) is 24.3 Å². The second-order valence-electron chi connectivity index (χ2n) is 3.34. The van der Waals surface area contributed by atoms with Crippen LogP contribution < -0.4 is 5.32 Å². The number of aromatic nitrogens is 2. The SMILES string of the molecule is O=C(O)C1CNCC1c1ccncn1. The zero-order valence-corrected chi connectivity index (χ0v) is 7.55. The summed E-state index contributed by atoms with van der Waals surface area (Å²) in [5.41, 5.74) is 0.803. The third-order valence-corrected chi connectivity index (χ3v) is 2.52. The van der Waals surface area contributed by atoms with Crippen molar-refractivity contribution >= 4 is 5.97 Å². The maximum Gasteiger partial charge on any atom is 0.308 e. The van der Waals surface area contributed by atoms with Gasteiger partial charge in [-0.25, -0.2) is 9.97 Å². The van der Waals surface area contributed by atoms with Crippen LogP contribution in [0.1, 0.15) is 11.6 Å². The van der Waals surface area contributed by atoms with Crippen molar-refractivity contribution in [1.82, 2.24) is 15.3 Å². The van der Waals surface area contributed by atoms with Gasteiger partial charge in [-0.3, -0.25) is 4.79 Å². The van der Waals surface area contributed by atoms with Crippen LogP contribution >= 0.6 is 0 Å². The van der Waals surface area contributed by atoms with E-state index in [4.69, 9.17) is 5.11 Å². The number of rotatable bonds is 2. The molecule has 2 N–H and O–H groups in total. The second-order valence-corrected chi connectivity index (χ2v) is 3.34. The highest BCUT2D eigenvalue weighted by atomic mass is 16.4. The summed E-state index contributed by atoms with van der Waals surface area (Å²) in [4.78, 5) is 18.8. The van der Waals surface area contributed by atoms with Crippen molar-refractivity contribution in [2.45, 2.75) is 5.92 Å². The van der Waals surface area contributed by atoms with Crippen LogP contribution in [0.25, 0.3) is 0 Å². The first-order valence-corrected chi connectivity index (χ1v) is 4.48. The number of nitrogens with zero attached hydrogens (tertiary/aromatic N) is 2. The molecular weight excluding hydrogens is 182 g/mol. The maximum absolute atomic E-state index is 10.9. The van der Waals surface area contributed by atoms with Crippen LogP contribution in [0.5, 0.6) is 0 Å². The largest absolute Gasteiger partial charge is 0.481 e. The van der Waals surface area contributed by atoms with Crippen LogP contribution in [0.2, 0.25) is 0 Å². The van der Waals surface area contributed by atoms with E-state index < -0.39 is 5.97 Å². The van der Waals surface area contributed by atoms with Gasteiger partial charge in [-0.15, -0.1) is 0 Å². The van der Waals surface area contributed by atoms with Gasteiger partial charge >= 0.3 is 5.97 Å². The zero-order valence-electron chi connectivity index (χ0n) is 7.55. The first-order chi connectivity index (χ1) is 6.79. The van der Waals surface area contributed by atoms with E-state index >= 15 is 0 Å². The summed E-state index contributed by atoms with van der Waals surface area (Å²) in [5, 5.41) is 12.0. The number of carboxylic acids is 1. The lowest BCUT2D eigenvalue weighted by Crippen LogP contribution is -2.21. The normalized spacial score (nSPS) is 26.3. The molecule has 0 aliphatic carbocycles. The van der Waals surface area contributed by atoms with Crippen molar-refractivity contribution in [3.63, 3.8) is 0 Å². The molecule has 5 heteroatoms. The number of nitrogens with one attached hydrogen (secondary N) is 1. The summed E-state index contributed by atoms with van der Waals surface area (Å²) in [6, 6.07) is 1.77. The molecule has 2 unspecified atom stereocenters. The smallest absolute Gasteiger partial charge is 0.308 e. The average molecular weight is 193 g/mol. The maximum atomic E-state index is 10.9. The molecule has 0 bridgehead atoms. The Morgan fingerprint density at radius 2 is 2.43 bits per heavy atom. The summed E-state index contributed by atoms with van der Waals surface area (Å²) in [6.07, 6.45) is 3.09. The highest BCUT2D eigenvalue weighted by molar-refractivity contribution is 5.72. The summed E-state index contributed by atoms with van der Waals surface area (Å²) >= 11 is 0. The Morgan fingerprint density at radius 3 is 3.07 bits per heavy atom. The van der Waals surface area contributed by atoms with Crippen LogP contribution in [0.4, 0.5) is 0 Å². The number of hydrogen-bond donors (Lipinski definition) is 2. The lowest BCUT2D eigenvalue weighted by Gasteiger charge is -2.12. The quantitative estimate of drug-likeness (QED) is 0.684. The fourth-order valence-corrected chi connectivity index (χ4v) is 1.77. The van der Waals surface area contributed by atoms with Gasteiger partial charge in [0.1, 0.15) is 6.33 Å². The van der Waals surface area contributed by atoms with Crippen molar-refractivity contribution in [1.29, 1.82) is 0 Å². The molecule has 2 heterocycles. The van der Waals surface area contributed by atoms with E-state index in [9.17, 15) is 4.79 Å². The third-order valence-electron chi connectivity index (χ3n) is 2.52. The van der Waals surface area contributed by atoms with Gasteiger partial charge in [-0.2, -0.15) is 0 Å². The van der Waals surface area contributed by atoms with E-state index in [0.717, 1.165) is 5.69 Å². The zero-order chi connectivity index (χ0) is 9.97. The molecule has 1 saturated heterocycles. The molecule has 2 rings (SSSR count). The Balaban J connectivity index is 2.22. The average Bonchev–Trinajstić information content (AvgIpc) is 2.67. The monoisotopic (exact) mass is 193 g/mol. The molecular formula is C9H11N3O2.